The quantitative estimate of drug-likeness (QED) is 0.618. The maximum atomic E-state index is 13.8. The molecule has 0 atom stereocenters. The number of hydrogen-bond donors (Lipinski definition) is 1. The van der Waals surface area contributed by atoms with E-state index in [0.29, 0.717) is 5.56 Å². The van der Waals surface area contributed by atoms with Gasteiger partial charge in [0, 0.05) is 24.7 Å². The Balaban J connectivity index is 1.77. The zero-order valence-electron chi connectivity index (χ0n) is 16.1. The highest BCUT2D eigenvalue weighted by Gasteiger charge is 2.56. The predicted octanol–water partition coefficient (Wildman–Crippen LogP) is 3.84. The summed E-state index contributed by atoms with van der Waals surface area (Å²) in [6, 6.07) is 1.00. The molecule has 0 radical (unpaired) electrons. The van der Waals surface area contributed by atoms with Crippen LogP contribution in [0.4, 0.5) is 32.2 Å². The van der Waals surface area contributed by atoms with Crippen LogP contribution < -0.4 is 5.32 Å². The van der Waals surface area contributed by atoms with Crippen LogP contribution in [0.25, 0.3) is 22.6 Å². The molecule has 1 N–H and O–H groups in total. The van der Waals surface area contributed by atoms with Crippen LogP contribution in [0.15, 0.2) is 18.5 Å². The molecular weight excluding hydrogens is 430 g/mol. The maximum Gasteiger partial charge on any atom is 0.453 e. The minimum absolute atomic E-state index is 0.0267. The van der Waals surface area contributed by atoms with Crippen molar-refractivity contribution >= 4 is 22.8 Å². The van der Waals surface area contributed by atoms with Gasteiger partial charge in [-0.25, -0.2) is 24.0 Å². The molecule has 0 unspecified atom stereocenters. The number of alkyl halides is 5. The highest BCUT2D eigenvalue weighted by Crippen LogP contribution is 2.39. The number of aryl methyl sites for hydroxylation is 1. The van der Waals surface area contributed by atoms with E-state index in [9.17, 15) is 31.1 Å². The normalized spacial score (nSPS) is 15.9. The molecule has 1 aliphatic heterocycles. The molecule has 164 valence electrons. The molecule has 0 aliphatic carbocycles. The number of anilines is 1. The number of pyridine rings is 1. The van der Waals surface area contributed by atoms with E-state index in [1.165, 1.54) is 6.20 Å². The maximum absolute atomic E-state index is 13.8. The van der Waals surface area contributed by atoms with Crippen LogP contribution in [-0.4, -0.2) is 42.7 Å². The fraction of sp³-hybridized carbons (Fsp3) is 0.389. The molecule has 0 saturated carbocycles. The van der Waals surface area contributed by atoms with Gasteiger partial charge in [-0.3, -0.25) is 4.79 Å². The molecule has 1 amide bonds. The summed E-state index contributed by atoms with van der Waals surface area (Å²) in [5.74, 6) is -5.90. The molecule has 4 rings (SSSR count). The van der Waals surface area contributed by atoms with E-state index >= 15 is 0 Å². The smallest absolute Gasteiger partial charge is 0.310 e. The summed E-state index contributed by atoms with van der Waals surface area (Å²) < 4.78 is 78.8. The molecule has 0 spiro atoms. The van der Waals surface area contributed by atoms with Crippen LogP contribution in [0.1, 0.15) is 25.8 Å². The Kier molecular flexibility index (Phi) is 4.49. The standard InChI is InChI=1S/C18H14F6N6O/c1-16(2)10-7-25-13(27-12(10)28-15(16)31)11-9-5-8(19)6-26-14(9)30(29-11)4-3-17(20,21)18(22,23)24/h5-7H,3-4H2,1-2H3,(H,25,27,28,31). The third kappa shape index (κ3) is 3.37. The van der Waals surface area contributed by atoms with E-state index in [1.54, 1.807) is 13.8 Å². The monoisotopic (exact) mass is 444 g/mol. The van der Waals surface area contributed by atoms with Crippen molar-refractivity contribution in [1.82, 2.24) is 24.7 Å². The summed E-state index contributed by atoms with van der Waals surface area (Å²) in [6.45, 7) is 2.50. The van der Waals surface area contributed by atoms with E-state index in [0.717, 1.165) is 16.9 Å². The first-order chi connectivity index (χ1) is 14.3. The van der Waals surface area contributed by atoms with E-state index in [1.807, 2.05) is 0 Å². The van der Waals surface area contributed by atoms with Gasteiger partial charge >= 0.3 is 12.1 Å². The number of halogens is 6. The second kappa shape index (κ2) is 6.62. The zero-order chi connectivity index (χ0) is 22.8. The third-order valence-corrected chi connectivity index (χ3v) is 5.08. The van der Waals surface area contributed by atoms with Crippen LogP contribution in [0.2, 0.25) is 0 Å². The van der Waals surface area contributed by atoms with E-state index in [4.69, 9.17) is 0 Å². The van der Waals surface area contributed by atoms with Crippen LogP contribution >= 0.6 is 0 Å². The van der Waals surface area contributed by atoms with Crippen molar-refractivity contribution in [2.45, 2.75) is 44.3 Å². The lowest BCUT2D eigenvalue weighted by Gasteiger charge is -2.19. The number of amides is 1. The summed E-state index contributed by atoms with van der Waals surface area (Å²) >= 11 is 0. The van der Waals surface area contributed by atoms with Crippen molar-refractivity contribution in [3.8, 4) is 11.5 Å². The first-order valence-corrected chi connectivity index (χ1v) is 8.97. The van der Waals surface area contributed by atoms with Crippen LogP contribution in [0.3, 0.4) is 0 Å². The molecule has 0 bridgehead atoms. The van der Waals surface area contributed by atoms with Crippen LogP contribution in [0.5, 0.6) is 0 Å². The summed E-state index contributed by atoms with van der Waals surface area (Å²) in [5, 5.41) is 6.63. The van der Waals surface area contributed by atoms with E-state index in [-0.39, 0.29) is 34.3 Å². The molecular formula is C18H14F6N6O. The van der Waals surface area contributed by atoms with Gasteiger partial charge in [0.1, 0.15) is 17.3 Å². The number of carbonyl (C=O) groups is 1. The molecule has 0 saturated heterocycles. The van der Waals surface area contributed by atoms with Crippen molar-refractivity contribution in [3.63, 3.8) is 0 Å². The van der Waals surface area contributed by atoms with Gasteiger partial charge in [-0.15, -0.1) is 0 Å². The van der Waals surface area contributed by atoms with Gasteiger partial charge in [0.25, 0.3) is 0 Å². The highest BCUT2D eigenvalue weighted by molar-refractivity contribution is 6.04. The molecule has 7 nitrogen and oxygen atoms in total. The second-order valence-electron chi connectivity index (χ2n) is 7.58. The largest absolute Gasteiger partial charge is 0.453 e. The first-order valence-electron chi connectivity index (χ1n) is 8.97. The van der Waals surface area contributed by atoms with E-state index in [2.05, 4.69) is 25.4 Å². The Morgan fingerprint density at radius 1 is 1.13 bits per heavy atom. The lowest BCUT2D eigenvalue weighted by atomic mass is 9.88. The van der Waals surface area contributed by atoms with Crippen LogP contribution in [0, 0.1) is 5.82 Å². The number of rotatable bonds is 4. The Hall–Kier alpha value is -3.25. The van der Waals surface area contributed by atoms with Gasteiger partial charge in [0.15, 0.2) is 11.5 Å². The highest BCUT2D eigenvalue weighted by atomic mass is 19.4. The number of nitrogens with one attached hydrogen (secondary N) is 1. The lowest BCUT2D eigenvalue weighted by Crippen LogP contribution is -2.37. The number of carbonyl (C=O) groups excluding carboxylic acids is 1. The Bertz CT molecular complexity index is 1200. The van der Waals surface area contributed by atoms with Gasteiger partial charge in [0.2, 0.25) is 5.91 Å². The third-order valence-electron chi connectivity index (χ3n) is 5.08. The molecule has 3 aromatic rings. The van der Waals surface area contributed by atoms with Gasteiger partial charge < -0.3 is 5.32 Å². The van der Waals surface area contributed by atoms with Gasteiger partial charge in [0.05, 0.1) is 17.0 Å². The van der Waals surface area contributed by atoms with Crippen molar-refractivity contribution in [3.05, 3.63) is 29.8 Å². The Morgan fingerprint density at radius 2 is 1.84 bits per heavy atom. The molecule has 0 aromatic carbocycles. The second-order valence-corrected chi connectivity index (χ2v) is 7.58. The van der Waals surface area contributed by atoms with Crippen molar-refractivity contribution in [2.24, 2.45) is 0 Å². The summed E-state index contributed by atoms with van der Waals surface area (Å²) in [6.07, 6.45) is -5.13. The SMILES string of the molecule is CC1(C)C(=O)Nc2nc(-c3nn(CCC(F)(F)C(F)(F)F)c4ncc(F)cc34)ncc21. The van der Waals surface area contributed by atoms with Gasteiger partial charge in [-0.2, -0.15) is 27.1 Å². The molecule has 31 heavy (non-hydrogen) atoms. The lowest BCUT2D eigenvalue weighted by molar-refractivity contribution is -0.285. The topological polar surface area (TPSA) is 85.6 Å². The molecule has 3 aromatic heterocycles. The fourth-order valence-electron chi connectivity index (χ4n) is 3.18. The number of aromatic nitrogens is 5. The number of fused-ring (bicyclic) bond motifs is 2. The average molecular weight is 444 g/mol. The summed E-state index contributed by atoms with van der Waals surface area (Å²) in [5.41, 5.74) is -0.549. The average Bonchev–Trinajstić information content (AvgIpc) is 3.13. The zero-order valence-corrected chi connectivity index (χ0v) is 16.1. The van der Waals surface area contributed by atoms with Crippen molar-refractivity contribution < 1.29 is 31.1 Å². The first kappa shape index (κ1) is 21.0. The number of nitrogens with zero attached hydrogens (tertiary/aromatic N) is 5. The summed E-state index contributed by atoms with van der Waals surface area (Å²) in [7, 11) is 0. The summed E-state index contributed by atoms with van der Waals surface area (Å²) in [4.78, 5) is 24.2. The number of hydrogen-bond acceptors (Lipinski definition) is 5. The molecule has 13 heteroatoms. The molecule has 0 fully saturated rings. The van der Waals surface area contributed by atoms with Crippen molar-refractivity contribution in [1.29, 1.82) is 0 Å². The van der Waals surface area contributed by atoms with Gasteiger partial charge in [-0.1, -0.05) is 0 Å². The van der Waals surface area contributed by atoms with Gasteiger partial charge in [-0.05, 0) is 19.9 Å². The van der Waals surface area contributed by atoms with E-state index < -0.39 is 36.3 Å². The minimum atomic E-state index is -5.72. The molecule has 4 heterocycles. The molecule has 1 aliphatic rings. The fourth-order valence-corrected chi connectivity index (χ4v) is 3.18. The van der Waals surface area contributed by atoms with Crippen LogP contribution in [-0.2, 0) is 16.8 Å². The predicted molar refractivity (Wildman–Crippen MR) is 95.8 cm³/mol. The Labute approximate surface area is 170 Å². The minimum Gasteiger partial charge on any atom is -0.310 e. The van der Waals surface area contributed by atoms with Crippen molar-refractivity contribution in [2.75, 3.05) is 5.32 Å². The Morgan fingerprint density at radius 3 is 2.52 bits per heavy atom.